The summed E-state index contributed by atoms with van der Waals surface area (Å²) in [7, 11) is 0. The van der Waals surface area contributed by atoms with Crippen LogP contribution >= 0.6 is 0 Å². The number of benzene rings is 3. The maximum absolute atomic E-state index is 13.2. The first-order valence-electron chi connectivity index (χ1n) is 9.02. The van der Waals surface area contributed by atoms with E-state index in [4.69, 9.17) is 4.74 Å². The lowest BCUT2D eigenvalue weighted by atomic mass is 10.2. The Morgan fingerprint density at radius 2 is 1.40 bits per heavy atom. The van der Waals surface area contributed by atoms with Crippen LogP contribution in [0.2, 0.25) is 0 Å². The molecule has 8 heteroatoms. The summed E-state index contributed by atoms with van der Waals surface area (Å²) in [6.45, 7) is 1.77. The van der Waals surface area contributed by atoms with Crippen molar-refractivity contribution in [1.82, 2.24) is 14.1 Å². The molecule has 0 radical (unpaired) electrons. The summed E-state index contributed by atoms with van der Waals surface area (Å²) >= 11 is 0. The number of hydrogen-bond donors (Lipinski definition) is 1. The molecular weight excluding hydrogens is 389 g/mol. The molecular formula is C22H16FN3O4. The van der Waals surface area contributed by atoms with Crippen LogP contribution in [-0.4, -0.2) is 14.1 Å². The molecule has 1 aromatic heterocycles. The van der Waals surface area contributed by atoms with Gasteiger partial charge in [0.1, 0.15) is 17.3 Å². The summed E-state index contributed by atoms with van der Waals surface area (Å²) in [4.78, 5) is 39.7. The molecule has 0 bridgehead atoms. The van der Waals surface area contributed by atoms with Gasteiger partial charge in [-0.15, -0.1) is 0 Å². The van der Waals surface area contributed by atoms with Gasteiger partial charge in [0.05, 0.1) is 11.4 Å². The van der Waals surface area contributed by atoms with Crippen molar-refractivity contribution in [3.05, 3.63) is 116 Å². The molecule has 0 spiro atoms. The normalized spacial score (nSPS) is 10.7. The van der Waals surface area contributed by atoms with Crippen LogP contribution in [0.15, 0.2) is 87.2 Å². The van der Waals surface area contributed by atoms with Crippen LogP contribution in [0.25, 0.3) is 11.4 Å². The van der Waals surface area contributed by atoms with Gasteiger partial charge in [-0.1, -0.05) is 18.2 Å². The fourth-order valence-electron chi connectivity index (χ4n) is 3.03. The van der Waals surface area contributed by atoms with Crippen molar-refractivity contribution in [3.8, 4) is 22.9 Å². The Morgan fingerprint density at radius 3 is 2.03 bits per heavy atom. The van der Waals surface area contributed by atoms with Crippen LogP contribution in [0.4, 0.5) is 4.39 Å². The number of halogens is 1. The van der Waals surface area contributed by atoms with Crippen molar-refractivity contribution in [3.63, 3.8) is 0 Å². The molecule has 4 aromatic rings. The standard InChI is InChI=1S/C22H16FN3O4/c1-14-13-17(11-12-19(14)30-18-5-3-2-4-6-18)26-21(28)24-20(27)25(22(26)29)16-9-7-15(23)8-10-16/h2-13H,1H3,(H,24,27,28). The van der Waals surface area contributed by atoms with Crippen molar-refractivity contribution in [1.29, 1.82) is 0 Å². The molecule has 0 unspecified atom stereocenters. The van der Waals surface area contributed by atoms with Crippen molar-refractivity contribution in [2.75, 3.05) is 0 Å². The lowest BCUT2D eigenvalue weighted by Crippen LogP contribution is -2.48. The molecule has 3 aromatic carbocycles. The van der Waals surface area contributed by atoms with Crippen LogP contribution in [0.3, 0.4) is 0 Å². The van der Waals surface area contributed by atoms with Crippen molar-refractivity contribution in [2.45, 2.75) is 6.92 Å². The highest BCUT2D eigenvalue weighted by Crippen LogP contribution is 2.26. The second-order valence-electron chi connectivity index (χ2n) is 6.53. The third-order valence-electron chi connectivity index (χ3n) is 4.48. The number of ether oxygens (including phenoxy) is 1. The Morgan fingerprint density at radius 1 is 0.800 bits per heavy atom. The fraction of sp³-hybridized carbons (Fsp3) is 0.0455. The number of H-pyrrole nitrogens is 1. The molecule has 0 aliphatic rings. The number of nitrogens with zero attached hydrogens (tertiary/aromatic N) is 2. The van der Waals surface area contributed by atoms with E-state index in [1.54, 1.807) is 37.3 Å². The minimum Gasteiger partial charge on any atom is -0.457 e. The quantitative estimate of drug-likeness (QED) is 0.566. The Hall–Kier alpha value is -4.20. The first-order chi connectivity index (χ1) is 14.4. The number of nitrogens with one attached hydrogen (secondary N) is 1. The molecule has 0 saturated heterocycles. The molecule has 1 N–H and O–H groups in total. The first kappa shape index (κ1) is 19.1. The van der Waals surface area contributed by atoms with Gasteiger partial charge < -0.3 is 4.74 Å². The number of para-hydroxylation sites is 1. The predicted molar refractivity (Wildman–Crippen MR) is 109 cm³/mol. The fourth-order valence-corrected chi connectivity index (χ4v) is 3.03. The maximum Gasteiger partial charge on any atom is 0.345 e. The molecule has 0 fully saturated rings. The summed E-state index contributed by atoms with van der Waals surface area (Å²) in [5.74, 6) is 0.690. The highest BCUT2D eigenvalue weighted by atomic mass is 19.1. The smallest absolute Gasteiger partial charge is 0.345 e. The van der Waals surface area contributed by atoms with Crippen LogP contribution in [0.5, 0.6) is 11.5 Å². The number of aromatic amines is 1. The minimum atomic E-state index is -0.909. The summed E-state index contributed by atoms with van der Waals surface area (Å²) in [6.07, 6.45) is 0. The van der Waals surface area contributed by atoms with E-state index in [9.17, 15) is 18.8 Å². The molecule has 0 amide bonds. The highest BCUT2D eigenvalue weighted by molar-refractivity contribution is 5.45. The molecule has 0 atom stereocenters. The van der Waals surface area contributed by atoms with Crippen LogP contribution in [0, 0.1) is 12.7 Å². The van der Waals surface area contributed by atoms with E-state index in [2.05, 4.69) is 4.98 Å². The van der Waals surface area contributed by atoms with Crippen LogP contribution in [-0.2, 0) is 0 Å². The Kier molecular flexibility index (Phi) is 4.89. The maximum atomic E-state index is 13.2. The molecule has 0 saturated carbocycles. The summed E-state index contributed by atoms with van der Waals surface area (Å²) in [5, 5.41) is 0. The SMILES string of the molecule is Cc1cc(-n2c(=O)[nH]c(=O)n(-c3ccc(F)cc3)c2=O)ccc1Oc1ccccc1. The van der Waals surface area contributed by atoms with E-state index in [-0.39, 0.29) is 11.4 Å². The molecule has 1 heterocycles. The third kappa shape index (κ3) is 3.58. The van der Waals surface area contributed by atoms with Crippen LogP contribution in [0.1, 0.15) is 5.56 Å². The first-order valence-corrected chi connectivity index (χ1v) is 9.02. The monoisotopic (exact) mass is 405 g/mol. The molecule has 30 heavy (non-hydrogen) atoms. The molecule has 150 valence electrons. The van der Waals surface area contributed by atoms with Crippen molar-refractivity contribution in [2.24, 2.45) is 0 Å². The number of aromatic nitrogens is 3. The Bertz CT molecular complexity index is 1390. The van der Waals surface area contributed by atoms with E-state index in [1.807, 2.05) is 18.2 Å². The third-order valence-corrected chi connectivity index (χ3v) is 4.48. The molecule has 0 aliphatic carbocycles. The lowest BCUT2D eigenvalue weighted by molar-refractivity contribution is 0.478. The van der Waals surface area contributed by atoms with Crippen molar-refractivity contribution < 1.29 is 9.13 Å². The summed E-state index contributed by atoms with van der Waals surface area (Å²) in [6, 6.07) is 18.8. The van der Waals surface area contributed by atoms with Gasteiger partial charge in [0.25, 0.3) is 0 Å². The van der Waals surface area contributed by atoms with E-state index in [1.165, 1.54) is 12.1 Å². The topological polar surface area (TPSA) is 86.1 Å². The zero-order valence-corrected chi connectivity index (χ0v) is 15.8. The Balaban J connectivity index is 1.81. The zero-order valence-electron chi connectivity index (χ0n) is 15.8. The van der Waals surface area contributed by atoms with Gasteiger partial charge in [-0.05, 0) is 67.1 Å². The summed E-state index contributed by atoms with van der Waals surface area (Å²) < 4.78 is 20.6. The Labute approximate surface area is 169 Å². The van der Waals surface area contributed by atoms with Crippen molar-refractivity contribution >= 4 is 0 Å². The molecule has 7 nitrogen and oxygen atoms in total. The van der Waals surface area contributed by atoms with Gasteiger partial charge in [-0.2, -0.15) is 0 Å². The van der Waals surface area contributed by atoms with Gasteiger partial charge in [0.15, 0.2) is 0 Å². The number of rotatable bonds is 4. The number of hydrogen-bond acceptors (Lipinski definition) is 4. The van der Waals surface area contributed by atoms with Gasteiger partial charge in [-0.25, -0.2) is 27.9 Å². The van der Waals surface area contributed by atoms with Gasteiger partial charge in [0.2, 0.25) is 0 Å². The molecule has 4 rings (SSSR count). The zero-order chi connectivity index (χ0) is 21.3. The predicted octanol–water partition coefficient (Wildman–Crippen LogP) is 2.92. The van der Waals surface area contributed by atoms with Gasteiger partial charge >= 0.3 is 17.1 Å². The second-order valence-corrected chi connectivity index (χ2v) is 6.53. The largest absolute Gasteiger partial charge is 0.457 e. The van der Waals surface area contributed by atoms with E-state index >= 15 is 0 Å². The van der Waals surface area contributed by atoms with Gasteiger partial charge in [0, 0.05) is 0 Å². The van der Waals surface area contributed by atoms with E-state index in [0.29, 0.717) is 17.1 Å². The summed E-state index contributed by atoms with van der Waals surface area (Å²) in [5.41, 5.74) is -1.58. The van der Waals surface area contributed by atoms with E-state index < -0.39 is 22.9 Å². The highest BCUT2D eigenvalue weighted by Gasteiger charge is 2.14. The van der Waals surface area contributed by atoms with Crippen LogP contribution < -0.4 is 21.8 Å². The molecule has 0 aliphatic heterocycles. The average molecular weight is 405 g/mol. The second kappa shape index (κ2) is 7.67. The average Bonchev–Trinajstić information content (AvgIpc) is 2.72. The minimum absolute atomic E-state index is 0.136. The van der Waals surface area contributed by atoms with E-state index in [0.717, 1.165) is 21.3 Å². The number of aryl methyl sites for hydroxylation is 1. The van der Waals surface area contributed by atoms with Gasteiger partial charge in [-0.3, -0.25) is 4.98 Å². The lowest BCUT2D eigenvalue weighted by Gasteiger charge is -2.12.